The van der Waals surface area contributed by atoms with Crippen LogP contribution < -0.4 is 5.32 Å². The molecule has 0 aliphatic heterocycles. The number of amides is 1. The van der Waals surface area contributed by atoms with E-state index >= 15 is 0 Å². The van der Waals surface area contributed by atoms with E-state index in [0.29, 0.717) is 6.42 Å². The van der Waals surface area contributed by atoms with Gasteiger partial charge in [0.05, 0.1) is 0 Å². The molecule has 1 saturated carbocycles. The van der Waals surface area contributed by atoms with Gasteiger partial charge in [-0.1, -0.05) is 13.3 Å². The van der Waals surface area contributed by atoms with Crippen LogP contribution in [0.3, 0.4) is 0 Å². The number of carbonyl (C=O) groups excluding carboxylic acids is 1. The molecule has 2 unspecified atom stereocenters. The van der Waals surface area contributed by atoms with E-state index in [0.717, 1.165) is 24.9 Å². The van der Waals surface area contributed by atoms with E-state index in [1.165, 1.54) is 12.8 Å². The van der Waals surface area contributed by atoms with Crippen LogP contribution in [-0.4, -0.2) is 37.5 Å². The van der Waals surface area contributed by atoms with Crippen molar-refractivity contribution in [1.82, 2.24) is 10.2 Å². The van der Waals surface area contributed by atoms with Gasteiger partial charge in [0.25, 0.3) is 0 Å². The van der Waals surface area contributed by atoms with Gasteiger partial charge in [-0.25, -0.2) is 0 Å². The molecule has 1 aliphatic carbocycles. The molecule has 3 heteroatoms. The second-order valence-corrected chi connectivity index (χ2v) is 4.36. The minimum absolute atomic E-state index is 0.231. The first-order valence-electron chi connectivity index (χ1n) is 5.58. The van der Waals surface area contributed by atoms with Crippen molar-refractivity contribution in [3.63, 3.8) is 0 Å². The number of hydrogen-bond acceptors (Lipinski definition) is 2. The van der Waals surface area contributed by atoms with Crippen molar-refractivity contribution < 1.29 is 4.79 Å². The Labute approximate surface area is 86.9 Å². The lowest BCUT2D eigenvalue weighted by Crippen LogP contribution is -2.24. The molecule has 1 N–H and O–H groups in total. The monoisotopic (exact) mass is 198 g/mol. The van der Waals surface area contributed by atoms with Crippen LogP contribution in [0.4, 0.5) is 0 Å². The summed E-state index contributed by atoms with van der Waals surface area (Å²) in [5, 5.41) is 3.48. The molecule has 2 atom stereocenters. The van der Waals surface area contributed by atoms with Gasteiger partial charge in [0.15, 0.2) is 0 Å². The number of nitrogens with one attached hydrogen (secondary N) is 1. The van der Waals surface area contributed by atoms with Crippen LogP contribution in [0, 0.1) is 5.92 Å². The maximum atomic E-state index is 11.2. The summed E-state index contributed by atoms with van der Waals surface area (Å²) in [5.41, 5.74) is 0. The molecule has 0 spiro atoms. The lowest BCUT2D eigenvalue weighted by Gasteiger charge is -2.09. The minimum Gasteiger partial charge on any atom is -0.349 e. The summed E-state index contributed by atoms with van der Waals surface area (Å²) in [5.74, 6) is 1.13. The zero-order valence-corrected chi connectivity index (χ0v) is 9.55. The molecular weight excluding hydrogens is 176 g/mol. The molecule has 1 fully saturated rings. The van der Waals surface area contributed by atoms with Gasteiger partial charge in [0.1, 0.15) is 0 Å². The highest BCUT2D eigenvalue weighted by Gasteiger charge is 2.34. The Morgan fingerprint density at radius 3 is 2.71 bits per heavy atom. The zero-order chi connectivity index (χ0) is 10.6. The van der Waals surface area contributed by atoms with Gasteiger partial charge in [0.2, 0.25) is 5.91 Å². The summed E-state index contributed by atoms with van der Waals surface area (Å²) in [7, 11) is 3.62. The van der Waals surface area contributed by atoms with E-state index in [1.54, 1.807) is 4.90 Å². The number of nitrogens with zero attached hydrogens (tertiary/aromatic N) is 1. The van der Waals surface area contributed by atoms with Gasteiger partial charge < -0.3 is 10.2 Å². The molecule has 1 amide bonds. The average Bonchev–Trinajstić information content (AvgIpc) is 2.90. The van der Waals surface area contributed by atoms with Crippen LogP contribution in [0.1, 0.15) is 32.6 Å². The second-order valence-electron chi connectivity index (χ2n) is 4.36. The molecule has 3 nitrogen and oxygen atoms in total. The highest BCUT2D eigenvalue weighted by Crippen LogP contribution is 2.32. The van der Waals surface area contributed by atoms with Gasteiger partial charge >= 0.3 is 0 Å². The molecule has 0 radical (unpaired) electrons. The van der Waals surface area contributed by atoms with E-state index in [2.05, 4.69) is 12.2 Å². The Balaban J connectivity index is 1.93. The molecule has 0 aromatic carbocycles. The summed E-state index contributed by atoms with van der Waals surface area (Å²) in [4.78, 5) is 12.9. The van der Waals surface area contributed by atoms with Crippen molar-refractivity contribution >= 4 is 5.91 Å². The van der Waals surface area contributed by atoms with Crippen LogP contribution >= 0.6 is 0 Å². The fraction of sp³-hybridized carbons (Fsp3) is 0.909. The third kappa shape index (κ3) is 3.66. The van der Waals surface area contributed by atoms with Gasteiger partial charge in [-0.2, -0.15) is 0 Å². The lowest BCUT2D eigenvalue weighted by atomic mass is 10.2. The molecular formula is C11H22N2O. The number of hydrogen-bond donors (Lipinski definition) is 1. The molecule has 14 heavy (non-hydrogen) atoms. The molecule has 1 aliphatic rings. The summed E-state index contributed by atoms with van der Waals surface area (Å²) >= 11 is 0. The average molecular weight is 198 g/mol. The van der Waals surface area contributed by atoms with Crippen molar-refractivity contribution in [3.8, 4) is 0 Å². The Morgan fingerprint density at radius 1 is 1.50 bits per heavy atom. The number of carbonyl (C=O) groups is 1. The maximum absolute atomic E-state index is 11.2. The van der Waals surface area contributed by atoms with Crippen molar-refractivity contribution in [2.24, 2.45) is 5.92 Å². The fourth-order valence-corrected chi connectivity index (χ4v) is 1.70. The third-order valence-corrected chi connectivity index (χ3v) is 2.92. The fourth-order valence-electron chi connectivity index (χ4n) is 1.70. The minimum atomic E-state index is 0.231. The molecule has 0 heterocycles. The van der Waals surface area contributed by atoms with Gasteiger partial charge in [-0.15, -0.1) is 0 Å². The van der Waals surface area contributed by atoms with E-state index in [-0.39, 0.29) is 5.91 Å². The molecule has 0 bridgehead atoms. The summed E-state index contributed by atoms with van der Waals surface area (Å²) in [6.45, 7) is 3.22. The first-order chi connectivity index (χ1) is 6.65. The van der Waals surface area contributed by atoms with Crippen LogP contribution in [0.25, 0.3) is 0 Å². The lowest BCUT2D eigenvalue weighted by molar-refractivity contribution is -0.128. The van der Waals surface area contributed by atoms with E-state index in [4.69, 9.17) is 0 Å². The highest BCUT2D eigenvalue weighted by atomic mass is 16.2. The van der Waals surface area contributed by atoms with E-state index < -0.39 is 0 Å². The standard InChI is InChI=1S/C11H22N2O/c1-4-9-8-10(9)12-7-5-6-11(14)13(2)3/h9-10,12H,4-8H2,1-3H3. The molecule has 0 aromatic heterocycles. The Morgan fingerprint density at radius 2 is 2.21 bits per heavy atom. The molecule has 82 valence electrons. The third-order valence-electron chi connectivity index (χ3n) is 2.92. The Kier molecular flexibility index (Phi) is 4.39. The molecule has 1 rings (SSSR count). The van der Waals surface area contributed by atoms with Gasteiger partial charge in [-0.05, 0) is 25.3 Å². The normalized spacial score (nSPS) is 24.8. The van der Waals surface area contributed by atoms with Crippen molar-refractivity contribution in [3.05, 3.63) is 0 Å². The predicted molar refractivity (Wildman–Crippen MR) is 58.1 cm³/mol. The predicted octanol–water partition coefficient (Wildman–Crippen LogP) is 1.24. The first kappa shape index (κ1) is 11.5. The Hall–Kier alpha value is -0.570. The largest absolute Gasteiger partial charge is 0.349 e. The smallest absolute Gasteiger partial charge is 0.222 e. The second kappa shape index (κ2) is 5.35. The van der Waals surface area contributed by atoms with Gasteiger partial charge in [0, 0.05) is 26.6 Å². The topological polar surface area (TPSA) is 32.3 Å². The first-order valence-corrected chi connectivity index (χ1v) is 5.58. The van der Waals surface area contributed by atoms with Crippen LogP contribution in [0.2, 0.25) is 0 Å². The SMILES string of the molecule is CCC1CC1NCCCC(=O)N(C)C. The summed E-state index contributed by atoms with van der Waals surface area (Å²) in [6.07, 6.45) is 4.25. The van der Waals surface area contributed by atoms with Gasteiger partial charge in [-0.3, -0.25) is 4.79 Å². The summed E-state index contributed by atoms with van der Waals surface area (Å²) < 4.78 is 0. The number of rotatable bonds is 6. The van der Waals surface area contributed by atoms with Crippen LogP contribution in [0.5, 0.6) is 0 Å². The van der Waals surface area contributed by atoms with Crippen LogP contribution in [0.15, 0.2) is 0 Å². The van der Waals surface area contributed by atoms with E-state index in [9.17, 15) is 4.79 Å². The Bertz CT molecular complexity index is 192. The quantitative estimate of drug-likeness (QED) is 0.651. The highest BCUT2D eigenvalue weighted by molar-refractivity contribution is 5.75. The van der Waals surface area contributed by atoms with Crippen molar-refractivity contribution in [2.75, 3.05) is 20.6 Å². The van der Waals surface area contributed by atoms with Crippen LogP contribution in [-0.2, 0) is 4.79 Å². The summed E-state index contributed by atoms with van der Waals surface area (Å²) in [6, 6.07) is 0.745. The maximum Gasteiger partial charge on any atom is 0.222 e. The zero-order valence-electron chi connectivity index (χ0n) is 9.55. The molecule has 0 aromatic rings. The van der Waals surface area contributed by atoms with Crippen molar-refractivity contribution in [1.29, 1.82) is 0 Å². The molecule has 0 saturated heterocycles. The van der Waals surface area contributed by atoms with E-state index in [1.807, 2.05) is 14.1 Å². The van der Waals surface area contributed by atoms with Crippen molar-refractivity contribution in [2.45, 2.75) is 38.6 Å².